The number of hydrogen-bond acceptors (Lipinski definition) is 4. The molecule has 3 aromatic carbocycles. The van der Waals surface area contributed by atoms with Gasteiger partial charge < -0.3 is 19.9 Å². The van der Waals surface area contributed by atoms with E-state index in [1.165, 1.54) is 11.8 Å². The monoisotopic (exact) mass is 581 g/mol. The SMILES string of the molecule is COCCNC(=O)[C@]1(Sc2ccc(C)cc2)CC(=O)N(Cc2ccc(Cl)cc2)[C@H]1c1c[nH]c2cc(Cl)ccc12. The van der Waals surface area contributed by atoms with E-state index in [-0.39, 0.29) is 18.2 Å². The molecule has 1 fully saturated rings. The van der Waals surface area contributed by atoms with Gasteiger partial charge in [-0.25, -0.2) is 0 Å². The van der Waals surface area contributed by atoms with E-state index in [1.807, 2.05) is 84.8 Å². The van der Waals surface area contributed by atoms with Crippen LogP contribution in [0.5, 0.6) is 0 Å². The molecule has 1 aliphatic rings. The molecule has 9 heteroatoms. The number of aryl methyl sites for hydroxylation is 1. The van der Waals surface area contributed by atoms with Crippen molar-refractivity contribution in [1.29, 1.82) is 0 Å². The lowest BCUT2D eigenvalue weighted by Crippen LogP contribution is -2.48. The van der Waals surface area contributed by atoms with Crippen molar-refractivity contribution < 1.29 is 14.3 Å². The Bertz CT molecular complexity index is 1490. The Kier molecular flexibility index (Phi) is 8.24. The summed E-state index contributed by atoms with van der Waals surface area (Å²) in [5.74, 6) is -0.301. The normalized spacial score (nSPS) is 19.1. The maximum Gasteiger partial charge on any atom is 0.239 e. The number of aromatic nitrogens is 1. The maximum atomic E-state index is 14.2. The smallest absolute Gasteiger partial charge is 0.239 e. The van der Waals surface area contributed by atoms with Crippen LogP contribution in [0.2, 0.25) is 10.0 Å². The Morgan fingerprint density at radius 3 is 2.54 bits per heavy atom. The molecule has 202 valence electrons. The van der Waals surface area contributed by atoms with Crippen LogP contribution in [0, 0.1) is 6.92 Å². The molecule has 0 saturated carbocycles. The highest BCUT2D eigenvalue weighted by Crippen LogP contribution is 2.54. The van der Waals surface area contributed by atoms with Crippen LogP contribution in [0.1, 0.15) is 29.2 Å². The van der Waals surface area contributed by atoms with Crippen LogP contribution >= 0.6 is 35.0 Å². The minimum absolute atomic E-state index is 0.0445. The number of rotatable bonds is 9. The van der Waals surface area contributed by atoms with Crippen molar-refractivity contribution in [3.63, 3.8) is 0 Å². The van der Waals surface area contributed by atoms with Gasteiger partial charge in [0.15, 0.2) is 0 Å². The lowest BCUT2D eigenvalue weighted by atomic mass is 9.91. The third-order valence-corrected chi connectivity index (χ3v) is 8.93. The standard InChI is InChI=1S/C30H29Cl2N3O3S/c1-19-3-10-23(11-4-19)39-30(29(37)33-13-14-38-2)16-27(36)35(18-20-5-7-21(31)8-6-20)28(30)25-17-34-26-15-22(32)9-12-24(25)26/h3-12,15,17,28,34H,13-14,16,18H2,1-2H3,(H,33,37)/t28-,30-/m0/s1. The van der Waals surface area contributed by atoms with Crippen molar-refractivity contribution in [2.24, 2.45) is 0 Å². The average molecular weight is 583 g/mol. The number of thioether (sulfide) groups is 1. The van der Waals surface area contributed by atoms with Crippen molar-refractivity contribution >= 4 is 57.7 Å². The highest BCUT2D eigenvalue weighted by molar-refractivity contribution is 8.01. The van der Waals surface area contributed by atoms with Gasteiger partial charge >= 0.3 is 0 Å². The van der Waals surface area contributed by atoms with E-state index >= 15 is 0 Å². The maximum absolute atomic E-state index is 14.2. The third kappa shape index (κ3) is 5.68. The average Bonchev–Trinajstić information content (AvgIpc) is 3.44. The molecule has 39 heavy (non-hydrogen) atoms. The number of fused-ring (bicyclic) bond motifs is 1. The fraction of sp³-hybridized carbons (Fsp3) is 0.267. The molecule has 1 saturated heterocycles. The van der Waals surface area contributed by atoms with E-state index in [0.717, 1.165) is 32.5 Å². The van der Waals surface area contributed by atoms with Gasteiger partial charge in [-0.1, -0.05) is 59.1 Å². The first kappa shape index (κ1) is 27.6. The lowest BCUT2D eigenvalue weighted by Gasteiger charge is -2.36. The van der Waals surface area contributed by atoms with Gasteiger partial charge in [0.05, 0.1) is 19.1 Å². The summed E-state index contributed by atoms with van der Waals surface area (Å²) in [5, 5.41) is 5.19. The molecule has 0 aliphatic carbocycles. The molecule has 2 heterocycles. The van der Waals surface area contributed by atoms with Gasteiger partial charge in [-0.15, -0.1) is 11.8 Å². The second-order valence-corrected chi connectivity index (χ2v) is 12.0. The van der Waals surface area contributed by atoms with E-state index in [4.69, 9.17) is 27.9 Å². The van der Waals surface area contributed by atoms with E-state index in [0.29, 0.717) is 29.7 Å². The largest absolute Gasteiger partial charge is 0.383 e. The Labute approximate surface area is 242 Å². The summed E-state index contributed by atoms with van der Waals surface area (Å²) in [5.41, 5.74) is 3.76. The summed E-state index contributed by atoms with van der Waals surface area (Å²) in [7, 11) is 1.59. The number of ether oxygens (including phenoxy) is 1. The summed E-state index contributed by atoms with van der Waals surface area (Å²) in [4.78, 5) is 34.1. The topological polar surface area (TPSA) is 74.4 Å². The van der Waals surface area contributed by atoms with Crippen LogP contribution in [-0.2, 0) is 20.9 Å². The molecular formula is C30H29Cl2N3O3S. The fourth-order valence-electron chi connectivity index (χ4n) is 5.13. The lowest BCUT2D eigenvalue weighted by molar-refractivity contribution is -0.129. The second kappa shape index (κ2) is 11.6. The fourth-order valence-corrected chi connectivity index (χ4v) is 6.84. The highest BCUT2D eigenvalue weighted by atomic mass is 35.5. The number of likely N-dealkylation sites (tertiary alicyclic amines) is 1. The molecule has 0 radical (unpaired) electrons. The molecular weight excluding hydrogens is 553 g/mol. The molecule has 2 N–H and O–H groups in total. The van der Waals surface area contributed by atoms with Crippen LogP contribution in [0.15, 0.2) is 77.8 Å². The Balaban J connectivity index is 1.66. The quantitative estimate of drug-likeness (QED) is 0.220. The third-order valence-electron chi connectivity index (χ3n) is 7.02. The summed E-state index contributed by atoms with van der Waals surface area (Å²) in [6.07, 6.45) is 1.94. The van der Waals surface area contributed by atoms with E-state index in [1.54, 1.807) is 7.11 Å². The van der Waals surface area contributed by atoms with Crippen LogP contribution in [0.3, 0.4) is 0 Å². The van der Waals surface area contributed by atoms with Crippen molar-refractivity contribution in [1.82, 2.24) is 15.2 Å². The number of carbonyl (C=O) groups is 2. The highest BCUT2D eigenvalue weighted by Gasteiger charge is 2.58. The number of H-pyrrole nitrogens is 1. The predicted molar refractivity (Wildman–Crippen MR) is 157 cm³/mol. The molecule has 2 atom stereocenters. The number of nitrogens with one attached hydrogen (secondary N) is 2. The zero-order valence-electron chi connectivity index (χ0n) is 21.7. The number of hydrogen-bond donors (Lipinski definition) is 2. The van der Waals surface area contributed by atoms with Crippen molar-refractivity contribution in [2.45, 2.75) is 35.6 Å². The first-order valence-electron chi connectivity index (χ1n) is 12.6. The Hall–Kier alpha value is -2.97. The van der Waals surface area contributed by atoms with Gasteiger partial charge in [0.25, 0.3) is 0 Å². The van der Waals surface area contributed by atoms with Gasteiger partial charge in [0.2, 0.25) is 11.8 Å². The molecule has 5 rings (SSSR count). The summed E-state index contributed by atoms with van der Waals surface area (Å²) in [6.45, 7) is 3.07. The Morgan fingerprint density at radius 1 is 1.10 bits per heavy atom. The second-order valence-electron chi connectivity index (χ2n) is 9.71. The summed E-state index contributed by atoms with van der Waals surface area (Å²) < 4.78 is 4.05. The number of nitrogens with zero attached hydrogens (tertiary/aromatic N) is 1. The molecule has 2 amide bonds. The number of methoxy groups -OCH3 is 1. The molecule has 0 spiro atoms. The molecule has 0 bridgehead atoms. The van der Waals surface area contributed by atoms with Crippen LogP contribution in [0.25, 0.3) is 10.9 Å². The van der Waals surface area contributed by atoms with Gasteiger partial charge in [0.1, 0.15) is 4.75 Å². The van der Waals surface area contributed by atoms with Crippen molar-refractivity contribution in [3.05, 3.63) is 99.7 Å². The number of halogens is 2. The summed E-state index contributed by atoms with van der Waals surface area (Å²) in [6, 6.07) is 20.5. The number of amides is 2. The first-order chi connectivity index (χ1) is 18.8. The molecule has 1 aromatic heterocycles. The minimum Gasteiger partial charge on any atom is -0.383 e. The van der Waals surface area contributed by atoms with Gasteiger partial charge in [-0.05, 0) is 48.9 Å². The first-order valence-corrected chi connectivity index (χ1v) is 14.2. The van der Waals surface area contributed by atoms with Crippen molar-refractivity contribution in [3.8, 4) is 0 Å². The zero-order chi connectivity index (χ0) is 27.6. The zero-order valence-corrected chi connectivity index (χ0v) is 24.0. The van der Waals surface area contributed by atoms with Crippen LogP contribution in [0.4, 0.5) is 0 Å². The molecule has 4 aromatic rings. The molecule has 1 aliphatic heterocycles. The molecule has 6 nitrogen and oxygen atoms in total. The number of carbonyl (C=O) groups excluding carboxylic acids is 2. The van der Waals surface area contributed by atoms with Crippen LogP contribution in [-0.4, -0.2) is 46.7 Å². The van der Waals surface area contributed by atoms with Gasteiger partial charge in [-0.3, -0.25) is 9.59 Å². The van der Waals surface area contributed by atoms with E-state index in [2.05, 4.69) is 10.3 Å². The summed E-state index contributed by atoms with van der Waals surface area (Å²) >= 11 is 13.8. The van der Waals surface area contributed by atoms with Crippen LogP contribution < -0.4 is 5.32 Å². The minimum atomic E-state index is -1.14. The number of benzene rings is 3. The Morgan fingerprint density at radius 2 is 1.82 bits per heavy atom. The predicted octanol–water partition coefficient (Wildman–Crippen LogP) is 6.55. The number of aromatic amines is 1. The van der Waals surface area contributed by atoms with Gasteiger partial charge in [0, 0.05) is 57.8 Å². The molecule has 0 unspecified atom stereocenters. The van der Waals surface area contributed by atoms with Crippen molar-refractivity contribution in [2.75, 3.05) is 20.3 Å². The van der Waals surface area contributed by atoms with E-state index in [9.17, 15) is 9.59 Å². The van der Waals surface area contributed by atoms with Gasteiger partial charge in [-0.2, -0.15) is 0 Å². The van der Waals surface area contributed by atoms with E-state index < -0.39 is 10.8 Å².